The van der Waals surface area contributed by atoms with Gasteiger partial charge in [-0.15, -0.1) is 0 Å². The van der Waals surface area contributed by atoms with Crippen LogP contribution in [0.5, 0.6) is 0 Å². The molecule has 0 N–H and O–H groups in total. The maximum absolute atomic E-state index is 6.32. The van der Waals surface area contributed by atoms with E-state index in [4.69, 9.17) is 38.2 Å². The van der Waals surface area contributed by atoms with Crippen LogP contribution in [-0.4, -0.2) is 15.0 Å². The van der Waals surface area contributed by atoms with E-state index in [9.17, 15) is 0 Å². The summed E-state index contributed by atoms with van der Waals surface area (Å²) in [4.78, 5) is 14.6. The number of halogens is 2. The smallest absolute Gasteiger partial charge is 0.164 e. The molecule has 36 heavy (non-hydrogen) atoms. The maximum atomic E-state index is 6.32. The van der Waals surface area contributed by atoms with Crippen LogP contribution in [0.15, 0.2) is 115 Å². The van der Waals surface area contributed by atoms with Gasteiger partial charge in [0.15, 0.2) is 17.5 Å². The van der Waals surface area contributed by atoms with E-state index in [1.54, 1.807) is 6.07 Å². The average Bonchev–Trinajstić information content (AvgIpc) is 2.92. The van der Waals surface area contributed by atoms with Crippen LogP contribution in [0.4, 0.5) is 0 Å². The molecule has 0 radical (unpaired) electrons. The van der Waals surface area contributed by atoms with Gasteiger partial charge in [0, 0.05) is 26.7 Å². The van der Waals surface area contributed by atoms with E-state index in [1.807, 2.05) is 84.9 Å². The first-order valence-electron chi connectivity index (χ1n) is 11.5. The van der Waals surface area contributed by atoms with E-state index >= 15 is 0 Å². The van der Waals surface area contributed by atoms with Gasteiger partial charge in [-0.1, -0.05) is 114 Å². The lowest BCUT2D eigenvalue weighted by molar-refractivity contribution is 1.08. The summed E-state index contributed by atoms with van der Waals surface area (Å²) in [6, 6.07) is 37.9. The molecule has 0 unspecified atom stereocenters. The minimum atomic E-state index is 0.600. The maximum Gasteiger partial charge on any atom is 0.164 e. The molecule has 0 saturated carbocycles. The Labute approximate surface area is 219 Å². The SMILES string of the molecule is Clc1cc(Cl)cc(-c2ccc(-c3nc(-c4ccccc4)nc(-c4ccccc4)n3)c3ccccc23)c1. The van der Waals surface area contributed by atoms with Gasteiger partial charge in [-0.25, -0.2) is 15.0 Å². The van der Waals surface area contributed by atoms with E-state index in [0.29, 0.717) is 27.5 Å². The fourth-order valence-electron chi connectivity index (χ4n) is 4.38. The fourth-order valence-corrected chi connectivity index (χ4v) is 4.91. The molecule has 6 aromatic rings. The molecule has 0 aliphatic rings. The second kappa shape index (κ2) is 9.54. The highest BCUT2D eigenvalue weighted by atomic mass is 35.5. The Kier molecular flexibility index (Phi) is 5.94. The van der Waals surface area contributed by atoms with Crippen molar-refractivity contribution in [1.82, 2.24) is 15.0 Å². The molecule has 6 rings (SSSR count). The summed E-state index contributed by atoms with van der Waals surface area (Å²) in [5, 5.41) is 3.30. The van der Waals surface area contributed by atoms with Gasteiger partial charge in [-0.05, 0) is 46.2 Å². The van der Waals surface area contributed by atoms with Crippen molar-refractivity contribution in [2.24, 2.45) is 0 Å². The molecule has 5 aromatic carbocycles. The molecule has 0 amide bonds. The van der Waals surface area contributed by atoms with Gasteiger partial charge < -0.3 is 0 Å². The summed E-state index contributed by atoms with van der Waals surface area (Å²) < 4.78 is 0. The summed E-state index contributed by atoms with van der Waals surface area (Å²) >= 11 is 12.6. The van der Waals surface area contributed by atoms with Gasteiger partial charge >= 0.3 is 0 Å². The zero-order valence-corrected chi connectivity index (χ0v) is 20.6. The molecule has 0 bridgehead atoms. The number of nitrogens with zero attached hydrogens (tertiary/aromatic N) is 3. The number of rotatable bonds is 4. The molecule has 1 aromatic heterocycles. The number of benzene rings is 5. The molecule has 0 fully saturated rings. The first-order valence-corrected chi connectivity index (χ1v) is 12.3. The monoisotopic (exact) mass is 503 g/mol. The Balaban J connectivity index is 1.59. The van der Waals surface area contributed by atoms with Gasteiger partial charge in [0.2, 0.25) is 0 Å². The van der Waals surface area contributed by atoms with Crippen LogP contribution in [0.2, 0.25) is 10.0 Å². The molecule has 0 saturated heterocycles. The van der Waals surface area contributed by atoms with E-state index in [1.165, 1.54) is 0 Å². The van der Waals surface area contributed by atoms with E-state index in [0.717, 1.165) is 38.6 Å². The summed E-state index contributed by atoms with van der Waals surface area (Å²) in [5.74, 6) is 1.89. The number of hydrogen-bond acceptors (Lipinski definition) is 3. The van der Waals surface area contributed by atoms with Crippen molar-refractivity contribution in [3.8, 4) is 45.3 Å². The van der Waals surface area contributed by atoms with E-state index in [2.05, 4.69) is 24.3 Å². The average molecular weight is 504 g/mol. The van der Waals surface area contributed by atoms with Crippen molar-refractivity contribution in [3.05, 3.63) is 125 Å². The van der Waals surface area contributed by atoms with Crippen molar-refractivity contribution in [1.29, 1.82) is 0 Å². The Morgan fingerprint density at radius 2 is 0.833 bits per heavy atom. The Morgan fingerprint density at radius 1 is 0.389 bits per heavy atom. The second-order valence-corrected chi connectivity index (χ2v) is 9.28. The zero-order valence-electron chi connectivity index (χ0n) is 19.1. The fraction of sp³-hybridized carbons (Fsp3) is 0. The lowest BCUT2D eigenvalue weighted by Crippen LogP contribution is -2.00. The van der Waals surface area contributed by atoms with Crippen LogP contribution >= 0.6 is 23.2 Å². The molecule has 3 nitrogen and oxygen atoms in total. The molecule has 0 aliphatic carbocycles. The minimum absolute atomic E-state index is 0.600. The lowest BCUT2D eigenvalue weighted by atomic mass is 9.94. The normalized spacial score (nSPS) is 11.1. The van der Waals surface area contributed by atoms with Crippen molar-refractivity contribution in [2.45, 2.75) is 0 Å². The van der Waals surface area contributed by atoms with Gasteiger partial charge in [0.05, 0.1) is 0 Å². The number of hydrogen-bond donors (Lipinski definition) is 0. The summed E-state index contributed by atoms with van der Waals surface area (Å²) in [6.45, 7) is 0. The second-order valence-electron chi connectivity index (χ2n) is 8.40. The number of aromatic nitrogens is 3. The first kappa shape index (κ1) is 22.4. The Hall–Kier alpha value is -4.05. The third-order valence-electron chi connectivity index (χ3n) is 6.04. The lowest BCUT2D eigenvalue weighted by Gasteiger charge is -2.13. The third-order valence-corrected chi connectivity index (χ3v) is 6.47. The van der Waals surface area contributed by atoms with Gasteiger partial charge in [-0.3, -0.25) is 0 Å². The van der Waals surface area contributed by atoms with Crippen LogP contribution in [0.25, 0.3) is 56.1 Å². The molecule has 5 heteroatoms. The highest BCUT2D eigenvalue weighted by molar-refractivity contribution is 6.35. The van der Waals surface area contributed by atoms with Crippen molar-refractivity contribution < 1.29 is 0 Å². The van der Waals surface area contributed by atoms with Gasteiger partial charge in [0.1, 0.15) is 0 Å². The number of fused-ring (bicyclic) bond motifs is 1. The van der Waals surface area contributed by atoms with Crippen LogP contribution in [0.1, 0.15) is 0 Å². The Morgan fingerprint density at radius 3 is 1.39 bits per heavy atom. The molecule has 0 spiro atoms. The van der Waals surface area contributed by atoms with E-state index in [-0.39, 0.29) is 0 Å². The zero-order chi connectivity index (χ0) is 24.5. The molecular weight excluding hydrogens is 485 g/mol. The third kappa shape index (κ3) is 4.35. The van der Waals surface area contributed by atoms with Crippen LogP contribution in [0.3, 0.4) is 0 Å². The molecule has 172 valence electrons. The summed E-state index contributed by atoms with van der Waals surface area (Å²) in [7, 11) is 0. The highest BCUT2D eigenvalue weighted by Crippen LogP contribution is 2.37. The topological polar surface area (TPSA) is 38.7 Å². The predicted octanol–water partition coefficient (Wildman–Crippen LogP) is 9.00. The van der Waals surface area contributed by atoms with Crippen molar-refractivity contribution in [2.75, 3.05) is 0 Å². The highest BCUT2D eigenvalue weighted by Gasteiger charge is 2.16. The molecule has 1 heterocycles. The quantitative estimate of drug-likeness (QED) is 0.240. The largest absolute Gasteiger partial charge is 0.208 e. The molecular formula is C31H19Cl2N3. The van der Waals surface area contributed by atoms with Gasteiger partial charge in [-0.2, -0.15) is 0 Å². The summed E-state index contributed by atoms with van der Waals surface area (Å²) in [6.07, 6.45) is 0. The van der Waals surface area contributed by atoms with Crippen LogP contribution in [-0.2, 0) is 0 Å². The van der Waals surface area contributed by atoms with Crippen LogP contribution in [0, 0.1) is 0 Å². The van der Waals surface area contributed by atoms with Gasteiger partial charge in [0.25, 0.3) is 0 Å². The van der Waals surface area contributed by atoms with Crippen molar-refractivity contribution in [3.63, 3.8) is 0 Å². The van der Waals surface area contributed by atoms with Crippen molar-refractivity contribution >= 4 is 34.0 Å². The standard InChI is InChI=1S/C31H19Cl2N3/c32-23-17-22(18-24(33)19-23)25-15-16-28(27-14-8-7-13-26(25)27)31-35-29(20-9-3-1-4-10-20)34-30(36-31)21-11-5-2-6-12-21/h1-19H. The summed E-state index contributed by atoms with van der Waals surface area (Å²) in [5.41, 5.74) is 4.81. The predicted molar refractivity (Wildman–Crippen MR) is 149 cm³/mol. The van der Waals surface area contributed by atoms with E-state index < -0.39 is 0 Å². The molecule has 0 atom stereocenters. The minimum Gasteiger partial charge on any atom is -0.208 e. The Bertz CT molecular complexity index is 1620. The molecule has 0 aliphatic heterocycles. The first-order chi connectivity index (χ1) is 17.7. The van der Waals surface area contributed by atoms with Crippen LogP contribution < -0.4 is 0 Å².